The fourth-order valence-corrected chi connectivity index (χ4v) is 3.53. The molecule has 0 heterocycles. The lowest BCUT2D eigenvalue weighted by Gasteiger charge is -2.25. The summed E-state index contributed by atoms with van der Waals surface area (Å²) in [6, 6.07) is 17.7. The Labute approximate surface area is 149 Å². The fourth-order valence-electron chi connectivity index (χ4n) is 3.53. The summed E-state index contributed by atoms with van der Waals surface area (Å²) in [6.45, 7) is 4.08. The second kappa shape index (κ2) is 8.52. The SMILES string of the molecule is C=CCOc1cccc(C(=O)N[C@@H](c2ccccc2)C2CCCC2)c1. The highest BCUT2D eigenvalue weighted by molar-refractivity contribution is 5.94. The fraction of sp³-hybridized carbons (Fsp3) is 0.318. The lowest BCUT2D eigenvalue weighted by atomic mass is 9.91. The van der Waals surface area contributed by atoms with Crippen molar-refractivity contribution in [3.63, 3.8) is 0 Å². The van der Waals surface area contributed by atoms with Gasteiger partial charge in [-0.1, -0.05) is 61.9 Å². The quantitative estimate of drug-likeness (QED) is 0.730. The van der Waals surface area contributed by atoms with Crippen LogP contribution in [-0.2, 0) is 0 Å². The third-order valence-electron chi connectivity index (χ3n) is 4.78. The average molecular weight is 335 g/mol. The Balaban J connectivity index is 1.77. The first-order chi connectivity index (χ1) is 12.3. The van der Waals surface area contributed by atoms with Crippen LogP contribution in [0.4, 0.5) is 0 Å². The van der Waals surface area contributed by atoms with E-state index in [1.165, 1.54) is 31.2 Å². The standard InChI is InChI=1S/C22H25NO2/c1-2-15-25-20-14-8-13-19(16-20)22(24)23-21(18-11-6-7-12-18)17-9-4-3-5-10-17/h2-5,8-10,13-14,16,18,21H,1,6-7,11-12,15H2,(H,23,24)/t21-/m0/s1. The minimum absolute atomic E-state index is 0.0511. The molecule has 2 aromatic carbocycles. The Bertz CT molecular complexity index is 705. The number of hydrogen-bond donors (Lipinski definition) is 1. The van der Waals surface area contributed by atoms with E-state index in [0.29, 0.717) is 23.8 Å². The van der Waals surface area contributed by atoms with Crippen molar-refractivity contribution in [2.24, 2.45) is 5.92 Å². The minimum atomic E-state index is -0.0511. The van der Waals surface area contributed by atoms with Crippen molar-refractivity contribution in [3.8, 4) is 5.75 Å². The zero-order valence-corrected chi connectivity index (χ0v) is 14.5. The molecule has 1 amide bonds. The number of nitrogens with one attached hydrogen (secondary N) is 1. The minimum Gasteiger partial charge on any atom is -0.490 e. The van der Waals surface area contributed by atoms with Crippen LogP contribution in [-0.4, -0.2) is 12.5 Å². The summed E-state index contributed by atoms with van der Waals surface area (Å²) in [5.74, 6) is 1.14. The highest BCUT2D eigenvalue weighted by atomic mass is 16.5. The highest BCUT2D eigenvalue weighted by Gasteiger charge is 2.28. The van der Waals surface area contributed by atoms with E-state index in [0.717, 1.165) is 0 Å². The molecule has 130 valence electrons. The zero-order valence-electron chi connectivity index (χ0n) is 14.5. The summed E-state index contributed by atoms with van der Waals surface area (Å²) in [7, 11) is 0. The summed E-state index contributed by atoms with van der Waals surface area (Å²) >= 11 is 0. The summed E-state index contributed by atoms with van der Waals surface area (Å²) in [5.41, 5.74) is 1.81. The number of benzene rings is 2. The van der Waals surface area contributed by atoms with Gasteiger partial charge < -0.3 is 10.1 Å². The lowest BCUT2D eigenvalue weighted by Crippen LogP contribution is -2.32. The second-order valence-electron chi connectivity index (χ2n) is 6.53. The molecule has 0 unspecified atom stereocenters. The van der Waals surface area contributed by atoms with Crippen molar-refractivity contribution in [2.75, 3.05) is 6.61 Å². The normalized spacial score (nSPS) is 15.5. The van der Waals surface area contributed by atoms with E-state index in [9.17, 15) is 4.79 Å². The van der Waals surface area contributed by atoms with Crippen molar-refractivity contribution in [3.05, 3.63) is 78.4 Å². The number of rotatable bonds is 7. The van der Waals surface area contributed by atoms with Gasteiger partial charge in [-0.2, -0.15) is 0 Å². The van der Waals surface area contributed by atoms with Gasteiger partial charge in [-0.25, -0.2) is 0 Å². The molecule has 1 aliphatic carbocycles. The summed E-state index contributed by atoms with van der Waals surface area (Å²) < 4.78 is 5.54. The van der Waals surface area contributed by atoms with Crippen LogP contribution in [0, 0.1) is 5.92 Å². The highest BCUT2D eigenvalue weighted by Crippen LogP contribution is 2.35. The van der Waals surface area contributed by atoms with Crippen LogP contribution < -0.4 is 10.1 Å². The molecule has 0 saturated heterocycles. The average Bonchev–Trinajstić information content (AvgIpc) is 3.19. The molecule has 1 N–H and O–H groups in total. The molecule has 0 radical (unpaired) electrons. The molecule has 0 spiro atoms. The van der Waals surface area contributed by atoms with E-state index < -0.39 is 0 Å². The maximum atomic E-state index is 12.8. The molecule has 0 aliphatic heterocycles. The molecule has 3 rings (SSSR count). The molecular weight excluding hydrogens is 310 g/mol. The molecule has 1 aliphatic rings. The van der Waals surface area contributed by atoms with Gasteiger partial charge in [0.15, 0.2) is 0 Å². The summed E-state index contributed by atoms with van der Waals surface area (Å²) in [6.07, 6.45) is 6.52. The van der Waals surface area contributed by atoms with E-state index in [1.54, 1.807) is 12.1 Å². The van der Waals surface area contributed by atoms with Crippen LogP contribution in [0.5, 0.6) is 5.75 Å². The van der Waals surface area contributed by atoms with Gasteiger partial charge in [0.1, 0.15) is 12.4 Å². The third kappa shape index (κ3) is 4.50. The van der Waals surface area contributed by atoms with E-state index >= 15 is 0 Å². The topological polar surface area (TPSA) is 38.3 Å². The number of ether oxygens (including phenoxy) is 1. The summed E-state index contributed by atoms with van der Waals surface area (Å²) in [4.78, 5) is 12.8. The number of carbonyl (C=O) groups is 1. The van der Waals surface area contributed by atoms with Crippen molar-refractivity contribution in [2.45, 2.75) is 31.7 Å². The largest absolute Gasteiger partial charge is 0.490 e. The first kappa shape index (κ1) is 17.3. The molecule has 1 saturated carbocycles. The van der Waals surface area contributed by atoms with E-state index in [-0.39, 0.29) is 11.9 Å². The van der Waals surface area contributed by atoms with Crippen LogP contribution in [0.3, 0.4) is 0 Å². The number of carbonyl (C=O) groups excluding carboxylic acids is 1. The lowest BCUT2D eigenvalue weighted by molar-refractivity contribution is 0.0921. The Morgan fingerprint density at radius 1 is 1.16 bits per heavy atom. The van der Waals surface area contributed by atoms with Crippen molar-refractivity contribution < 1.29 is 9.53 Å². The first-order valence-electron chi connectivity index (χ1n) is 8.97. The molecule has 3 nitrogen and oxygen atoms in total. The maximum absolute atomic E-state index is 12.8. The molecule has 0 bridgehead atoms. The summed E-state index contributed by atoms with van der Waals surface area (Å²) in [5, 5.41) is 3.26. The van der Waals surface area contributed by atoms with Gasteiger partial charge in [0.05, 0.1) is 6.04 Å². The van der Waals surface area contributed by atoms with E-state index in [2.05, 4.69) is 24.0 Å². The van der Waals surface area contributed by atoms with Gasteiger partial charge >= 0.3 is 0 Å². The van der Waals surface area contributed by atoms with Crippen molar-refractivity contribution in [1.82, 2.24) is 5.32 Å². The Morgan fingerprint density at radius 3 is 2.64 bits per heavy atom. The van der Waals surface area contributed by atoms with Gasteiger partial charge in [-0.3, -0.25) is 4.79 Å². The molecule has 2 aromatic rings. The van der Waals surface area contributed by atoms with Crippen LogP contribution in [0.2, 0.25) is 0 Å². The molecule has 1 atom stereocenters. The molecule has 1 fully saturated rings. The Morgan fingerprint density at radius 2 is 1.92 bits per heavy atom. The second-order valence-corrected chi connectivity index (χ2v) is 6.53. The van der Waals surface area contributed by atoms with Crippen molar-refractivity contribution in [1.29, 1.82) is 0 Å². The predicted octanol–water partition coefficient (Wildman–Crippen LogP) is 4.91. The van der Waals surface area contributed by atoms with Gasteiger partial charge in [0.25, 0.3) is 5.91 Å². The molecule has 0 aromatic heterocycles. The van der Waals surface area contributed by atoms with Crippen LogP contribution >= 0.6 is 0 Å². The number of hydrogen-bond acceptors (Lipinski definition) is 2. The molecular formula is C22H25NO2. The van der Waals surface area contributed by atoms with Gasteiger partial charge in [0, 0.05) is 5.56 Å². The van der Waals surface area contributed by atoms with Gasteiger partial charge in [-0.15, -0.1) is 0 Å². The van der Waals surface area contributed by atoms with Crippen molar-refractivity contribution >= 4 is 5.91 Å². The first-order valence-corrected chi connectivity index (χ1v) is 8.97. The van der Waals surface area contributed by atoms with Crippen LogP contribution in [0.15, 0.2) is 67.3 Å². The van der Waals surface area contributed by atoms with Crippen LogP contribution in [0.1, 0.15) is 47.6 Å². The molecule has 25 heavy (non-hydrogen) atoms. The monoisotopic (exact) mass is 335 g/mol. The maximum Gasteiger partial charge on any atom is 0.251 e. The van der Waals surface area contributed by atoms with E-state index in [1.807, 2.05) is 36.4 Å². The van der Waals surface area contributed by atoms with Gasteiger partial charge in [-0.05, 0) is 42.5 Å². The number of amides is 1. The third-order valence-corrected chi connectivity index (χ3v) is 4.78. The van der Waals surface area contributed by atoms with Crippen LogP contribution in [0.25, 0.3) is 0 Å². The molecule has 3 heteroatoms. The zero-order chi connectivity index (χ0) is 17.5. The smallest absolute Gasteiger partial charge is 0.251 e. The van der Waals surface area contributed by atoms with E-state index in [4.69, 9.17) is 4.74 Å². The Kier molecular flexibility index (Phi) is 5.89. The Hall–Kier alpha value is -2.55. The predicted molar refractivity (Wildman–Crippen MR) is 101 cm³/mol. The van der Waals surface area contributed by atoms with Gasteiger partial charge in [0.2, 0.25) is 0 Å².